The van der Waals surface area contributed by atoms with Gasteiger partial charge in [-0.05, 0) is 130 Å². The Hall–Kier alpha value is -6.70. The highest BCUT2D eigenvalue weighted by Gasteiger charge is 2.51. The molecular weight excluding hydrogens is 627 g/mol. The molecule has 0 aromatic heterocycles. The molecule has 0 aliphatic heterocycles. The van der Waals surface area contributed by atoms with Gasteiger partial charge in [-0.3, -0.25) is 0 Å². The predicted molar refractivity (Wildman–Crippen MR) is 219 cm³/mol. The molecular formula is C51H31N. The smallest absolute Gasteiger partial charge is 0.0726 e. The molecule has 52 heavy (non-hydrogen) atoms. The summed E-state index contributed by atoms with van der Waals surface area (Å²) < 4.78 is 0. The van der Waals surface area contributed by atoms with Gasteiger partial charge >= 0.3 is 0 Å². The van der Waals surface area contributed by atoms with E-state index >= 15 is 0 Å². The minimum Gasteiger partial charge on any atom is -0.311 e. The van der Waals surface area contributed by atoms with Crippen LogP contribution >= 0.6 is 0 Å². The largest absolute Gasteiger partial charge is 0.311 e. The zero-order chi connectivity index (χ0) is 34.0. The fourth-order valence-corrected chi connectivity index (χ4v) is 9.94. The second-order valence-corrected chi connectivity index (χ2v) is 14.4. The van der Waals surface area contributed by atoms with Crippen molar-refractivity contribution in [1.82, 2.24) is 0 Å². The van der Waals surface area contributed by atoms with Crippen molar-refractivity contribution < 1.29 is 0 Å². The Labute approximate surface area is 302 Å². The molecule has 0 saturated carbocycles. The van der Waals surface area contributed by atoms with Crippen LogP contribution in [-0.4, -0.2) is 0 Å². The van der Waals surface area contributed by atoms with Crippen LogP contribution < -0.4 is 4.90 Å². The van der Waals surface area contributed by atoms with Crippen molar-refractivity contribution in [2.24, 2.45) is 0 Å². The minimum atomic E-state index is -0.376. The van der Waals surface area contributed by atoms with Crippen LogP contribution in [0.2, 0.25) is 0 Å². The molecule has 1 atom stereocenters. The first-order valence-corrected chi connectivity index (χ1v) is 18.2. The Morgan fingerprint density at radius 2 is 0.846 bits per heavy atom. The highest BCUT2D eigenvalue weighted by molar-refractivity contribution is 6.36. The number of para-hydroxylation sites is 2. The maximum Gasteiger partial charge on any atom is 0.0726 e. The van der Waals surface area contributed by atoms with Crippen LogP contribution in [0.5, 0.6) is 0 Å². The lowest BCUT2D eigenvalue weighted by atomic mass is 9.70. The number of hydrogen-bond acceptors (Lipinski definition) is 1. The van der Waals surface area contributed by atoms with Gasteiger partial charge in [0.25, 0.3) is 0 Å². The van der Waals surface area contributed by atoms with E-state index < -0.39 is 0 Å². The van der Waals surface area contributed by atoms with E-state index in [1.54, 1.807) is 0 Å². The average molecular weight is 658 g/mol. The maximum atomic E-state index is 2.44. The lowest BCUT2D eigenvalue weighted by Gasteiger charge is -2.31. The molecule has 1 spiro atoms. The number of fused-ring (bicyclic) bond motifs is 8. The molecule has 0 saturated heterocycles. The molecule has 0 radical (unpaired) electrons. The Balaban J connectivity index is 1.06. The first-order chi connectivity index (χ1) is 25.8. The van der Waals surface area contributed by atoms with Gasteiger partial charge in [0.2, 0.25) is 0 Å². The molecule has 0 bridgehead atoms. The van der Waals surface area contributed by atoms with Gasteiger partial charge in [-0.2, -0.15) is 0 Å². The topological polar surface area (TPSA) is 3.24 Å². The van der Waals surface area contributed by atoms with Gasteiger partial charge in [0.15, 0.2) is 0 Å². The van der Waals surface area contributed by atoms with E-state index in [9.17, 15) is 0 Å². The summed E-state index contributed by atoms with van der Waals surface area (Å²) in [7, 11) is 0. The Bertz CT molecular complexity index is 3010. The monoisotopic (exact) mass is 657 g/mol. The summed E-state index contributed by atoms with van der Waals surface area (Å²) in [6, 6.07) is 69.9. The van der Waals surface area contributed by atoms with Crippen molar-refractivity contribution in [1.29, 1.82) is 0 Å². The zero-order valence-corrected chi connectivity index (χ0v) is 28.3. The summed E-state index contributed by atoms with van der Waals surface area (Å²) in [6.07, 6.45) is 0. The number of benzene rings is 10. The first-order valence-electron chi connectivity index (χ1n) is 18.2. The number of anilines is 3. The van der Waals surface area contributed by atoms with Crippen LogP contribution in [0.1, 0.15) is 22.3 Å². The van der Waals surface area contributed by atoms with E-state index in [1.807, 2.05) is 0 Å². The fourth-order valence-electron chi connectivity index (χ4n) is 9.94. The van der Waals surface area contributed by atoms with E-state index in [0.29, 0.717) is 0 Å². The van der Waals surface area contributed by atoms with E-state index in [-0.39, 0.29) is 5.41 Å². The van der Waals surface area contributed by atoms with Crippen LogP contribution in [-0.2, 0) is 5.41 Å². The number of hydrogen-bond donors (Lipinski definition) is 0. The van der Waals surface area contributed by atoms with Gasteiger partial charge in [-0.1, -0.05) is 146 Å². The van der Waals surface area contributed by atoms with E-state index in [4.69, 9.17) is 0 Å². The van der Waals surface area contributed by atoms with Crippen molar-refractivity contribution >= 4 is 60.2 Å². The molecule has 1 unspecified atom stereocenters. The van der Waals surface area contributed by atoms with Crippen LogP contribution in [0.4, 0.5) is 17.1 Å². The Kier molecular flexibility index (Phi) is 5.49. The summed E-state index contributed by atoms with van der Waals surface area (Å²) in [5.74, 6) is 0. The van der Waals surface area contributed by atoms with Crippen LogP contribution in [0, 0.1) is 0 Å². The third-order valence-electron chi connectivity index (χ3n) is 12.0. The van der Waals surface area contributed by atoms with Gasteiger partial charge < -0.3 is 4.90 Å². The van der Waals surface area contributed by atoms with Gasteiger partial charge in [0.1, 0.15) is 0 Å². The van der Waals surface area contributed by atoms with Crippen LogP contribution in [0.3, 0.4) is 0 Å². The number of nitrogens with zero attached hydrogens (tertiary/aromatic N) is 1. The van der Waals surface area contributed by atoms with Crippen molar-refractivity contribution in [2.75, 3.05) is 4.90 Å². The molecule has 1 heteroatoms. The first kappa shape index (κ1) is 28.0. The van der Waals surface area contributed by atoms with E-state index in [0.717, 1.165) is 17.1 Å². The molecule has 12 rings (SSSR count). The maximum absolute atomic E-state index is 2.44. The van der Waals surface area contributed by atoms with E-state index in [2.05, 4.69) is 193 Å². The summed E-state index contributed by atoms with van der Waals surface area (Å²) in [5.41, 5.74) is 13.7. The second kappa shape index (κ2) is 10.2. The third kappa shape index (κ3) is 3.48. The standard InChI is InChI=1S/C51H31N/c1-3-12-36(13-4-1)52(37-14-5-2-6-15-37)38-27-23-32(24-28-38)35-26-29-44-42(31-35)39-16-7-8-19-43(39)51(44)45-20-10-18-41-40-17-9-11-33-21-22-34-25-30-46(51)50(49(41)45)48(34)47(33)40/h1-31H. The van der Waals surface area contributed by atoms with Gasteiger partial charge in [0.05, 0.1) is 5.41 Å². The quantitative estimate of drug-likeness (QED) is 0.134. The lowest BCUT2D eigenvalue weighted by Crippen LogP contribution is -2.26. The van der Waals surface area contributed by atoms with Crippen molar-refractivity contribution in [3.8, 4) is 22.3 Å². The normalized spacial score (nSPS) is 15.4. The van der Waals surface area contributed by atoms with Crippen LogP contribution in [0.15, 0.2) is 188 Å². The highest BCUT2D eigenvalue weighted by atomic mass is 15.1. The van der Waals surface area contributed by atoms with Crippen LogP contribution in [0.25, 0.3) is 65.3 Å². The average Bonchev–Trinajstić information content (AvgIpc) is 3.69. The van der Waals surface area contributed by atoms with Gasteiger partial charge in [0, 0.05) is 17.1 Å². The molecule has 1 nitrogen and oxygen atoms in total. The van der Waals surface area contributed by atoms with Gasteiger partial charge in [-0.25, -0.2) is 0 Å². The van der Waals surface area contributed by atoms with E-state index in [1.165, 1.54) is 87.6 Å². The molecule has 0 amide bonds. The van der Waals surface area contributed by atoms with Crippen molar-refractivity contribution in [2.45, 2.75) is 5.41 Å². The molecule has 2 aliphatic carbocycles. The Morgan fingerprint density at radius 1 is 0.308 bits per heavy atom. The summed E-state index contributed by atoms with van der Waals surface area (Å²) >= 11 is 0. The highest BCUT2D eigenvalue weighted by Crippen LogP contribution is 2.64. The Morgan fingerprint density at radius 3 is 1.62 bits per heavy atom. The number of rotatable bonds is 4. The molecule has 0 fully saturated rings. The minimum absolute atomic E-state index is 0.376. The molecule has 0 N–H and O–H groups in total. The second-order valence-electron chi connectivity index (χ2n) is 14.4. The lowest BCUT2D eigenvalue weighted by molar-refractivity contribution is 0.797. The molecule has 10 aromatic rings. The zero-order valence-electron chi connectivity index (χ0n) is 28.3. The third-order valence-corrected chi connectivity index (χ3v) is 12.0. The predicted octanol–water partition coefficient (Wildman–Crippen LogP) is 13.6. The molecule has 2 aliphatic rings. The summed E-state index contributed by atoms with van der Waals surface area (Å²) in [6.45, 7) is 0. The fraction of sp³-hybridized carbons (Fsp3) is 0.0196. The molecule has 10 aromatic carbocycles. The summed E-state index contributed by atoms with van der Waals surface area (Å²) in [4.78, 5) is 2.32. The summed E-state index contributed by atoms with van der Waals surface area (Å²) in [5, 5.41) is 11.0. The van der Waals surface area contributed by atoms with Gasteiger partial charge in [-0.15, -0.1) is 0 Å². The van der Waals surface area contributed by atoms with Crippen molar-refractivity contribution in [3.05, 3.63) is 210 Å². The SMILES string of the molecule is c1ccc(N(c2ccccc2)c2ccc(-c3ccc4c(c3)-c3ccccc3C43c4cccc5c6cccc7ccc8ccc3c(c45)c8c76)cc2)cc1. The molecule has 240 valence electrons. The van der Waals surface area contributed by atoms with Crippen molar-refractivity contribution in [3.63, 3.8) is 0 Å². The molecule has 0 heterocycles.